The van der Waals surface area contributed by atoms with Crippen molar-refractivity contribution in [2.45, 2.75) is 39.2 Å². The van der Waals surface area contributed by atoms with Gasteiger partial charge in [-0.25, -0.2) is 9.59 Å². The second-order valence-corrected chi connectivity index (χ2v) is 3.43. The molecule has 0 aromatic carbocycles. The van der Waals surface area contributed by atoms with E-state index in [9.17, 15) is 9.59 Å². The van der Waals surface area contributed by atoms with Gasteiger partial charge in [-0.2, -0.15) is 0 Å². The van der Waals surface area contributed by atoms with Crippen molar-refractivity contribution in [3.8, 4) is 0 Å². The third kappa shape index (κ3) is 5.38. The maximum Gasteiger partial charge on any atom is 0.407 e. The number of carboxylic acids is 1. The SMILES string of the molecule is C=C(C(=O)O)C(CC)NC(=O)OCCCC. The number of nitrogens with one attached hydrogen (secondary N) is 1. The van der Waals surface area contributed by atoms with Crippen LogP contribution in [0.5, 0.6) is 0 Å². The van der Waals surface area contributed by atoms with E-state index in [-0.39, 0.29) is 5.57 Å². The molecule has 1 atom stereocenters. The van der Waals surface area contributed by atoms with E-state index < -0.39 is 18.1 Å². The molecule has 92 valence electrons. The van der Waals surface area contributed by atoms with Gasteiger partial charge in [-0.3, -0.25) is 0 Å². The lowest BCUT2D eigenvalue weighted by molar-refractivity contribution is -0.133. The third-order valence-electron chi connectivity index (χ3n) is 2.13. The van der Waals surface area contributed by atoms with Crippen LogP contribution in [0.25, 0.3) is 0 Å². The molecule has 0 heterocycles. The first kappa shape index (κ1) is 14.5. The first-order valence-electron chi connectivity index (χ1n) is 5.38. The van der Waals surface area contributed by atoms with Gasteiger partial charge in [-0.15, -0.1) is 0 Å². The summed E-state index contributed by atoms with van der Waals surface area (Å²) in [5.74, 6) is -1.11. The molecule has 0 aromatic rings. The molecule has 16 heavy (non-hydrogen) atoms. The van der Waals surface area contributed by atoms with Crippen molar-refractivity contribution in [3.63, 3.8) is 0 Å². The van der Waals surface area contributed by atoms with E-state index in [1.807, 2.05) is 6.92 Å². The average molecular weight is 229 g/mol. The minimum Gasteiger partial charge on any atom is -0.478 e. The Bertz CT molecular complexity index is 263. The van der Waals surface area contributed by atoms with E-state index in [2.05, 4.69) is 11.9 Å². The second kappa shape index (κ2) is 7.73. The van der Waals surface area contributed by atoms with Crippen LogP contribution in [0, 0.1) is 0 Å². The van der Waals surface area contributed by atoms with Crippen LogP contribution in [-0.4, -0.2) is 29.8 Å². The number of unbranched alkanes of at least 4 members (excludes halogenated alkanes) is 1. The molecule has 0 bridgehead atoms. The van der Waals surface area contributed by atoms with Gasteiger partial charge in [0.1, 0.15) is 0 Å². The highest BCUT2D eigenvalue weighted by Crippen LogP contribution is 2.04. The van der Waals surface area contributed by atoms with Gasteiger partial charge in [0, 0.05) is 0 Å². The molecule has 5 heteroatoms. The van der Waals surface area contributed by atoms with E-state index in [0.717, 1.165) is 12.8 Å². The molecule has 0 spiro atoms. The summed E-state index contributed by atoms with van der Waals surface area (Å²) in [7, 11) is 0. The third-order valence-corrected chi connectivity index (χ3v) is 2.13. The standard InChI is InChI=1S/C11H19NO4/c1-4-6-7-16-11(15)12-9(5-2)8(3)10(13)14/h9H,3-7H2,1-2H3,(H,12,15)(H,13,14). The zero-order chi connectivity index (χ0) is 12.6. The minimum atomic E-state index is -1.11. The van der Waals surface area contributed by atoms with Crippen LogP contribution in [0.15, 0.2) is 12.2 Å². The lowest BCUT2D eigenvalue weighted by atomic mass is 10.1. The molecule has 0 fully saturated rings. The number of hydrogen-bond donors (Lipinski definition) is 2. The Kier molecular flexibility index (Phi) is 7.00. The van der Waals surface area contributed by atoms with E-state index >= 15 is 0 Å². The van der Waals surface area contributed by atoms with Crippen molar-refractivity contribution in [2.24, 2.45) is 0 Å². The van der Waals surface area contributed by atoms with Crippen LogP contribution < -0.4 is 5.32 Å². The summed E-state index contributed by atoms with van der Waals surface area (Å²) in [5.41, 5.74) is -0.0325. The lowest BCUT2D eigenvalue weighted by Crippen LogP contribution is -2.38. The number of alkyl carbamates (subject to hydrolysis) is 1. The van der Waals surface area contributed by atoms with E-state index in [1.165, 1.54) is 0 Å². The van der Waals surface area contributed by atoms with Crippen molar-refractivity contribution in [1.29, 1.82) is 0 Å². The van der Waals surface area contributed by atoms with E-state index in [1.54, 1.807) is 6.92 Å². The maximum absolute atomic E-state index is 11.2. The molecule has 0 rings (SSSR count). The molecule has 0 aliphatic carbocycles. The molecular weight excluding hydrogens is 210 g/mol. The summed E-state index contributed by atoms with van der Waals surface area (Å²) in [4.78, 5) is 21.9. The van der Waals surface area contributed by atoms with Crippen molar-refractivity contribution in [3.05, 3.63) is 12.2 Å². The van der Waals surface area contributed by atoms with Crippen LogP contribution in [0.4, 0.5) is 4.79 Å². The minimum absolute atomic E-state index is 0.0325. The van der Waals surface area contributed by atoms with Gasteiger partial charge in [-0.1, -0.05) is 26.8 Å². The Labute approximate surface area is 95.5 Å². The van der Waals surface area contributed by atoms with Crippen LogP contribution in [0.3, 0.4) is 0 Å². The van der Waals surface area contributed by atoms with E-state index in [0.29, 0.717) is 13.0 Å². The molecular formula is C11H19NO4. The molecule has 0 radical (unpaired) electrons. The van der Waals surface area contributed by atoms with Crippen LogP contribution in [0.1, 0.15) is 33.1 Å². The Morgan fingerprint density at radius 1 is 1.44 bits per heavy atom. The maximum atomic E-state index is 11.2. The molecule has 0 aliphatic heterocycles. The van der Waals surface area contributed by atoms with Gasteiger partial charge in [0.15, 0.2) is 0 Å². The van der Waals surface area contributed by atoms with Crippen molar-refractivity contribution < 1.29 is 19.4 Å². The predicted molar refractivity (Wildman–Crippen MR) is 60.2 cm³/mol. The van der Waals surface area contributed by atoms with Gasteiger partial charge < -0.3 is 15.2 Å². The molecule has 2 N–H and O–H groups in total. The summed E-state index contributed by atoms with van der Waals surface area (Å²) >= 11 is 0. The molecule has 0 saturated heterocycles. The summed E-state index contributed by atoms with van der Waals surface area (Å²) < 4.78 is 4.86. The van der Waals surface area contributed by atoms with Crippen molar-refractivity contribution in [1.82, 2.24) is 5.32 Å². The molecule has 5 nitrogen and oxygen atoms in total. The Morgan fingerprint density at radius 2 is 2.06 bits per heavy atom. The fourth-order valence-corrected chi connectivity index (χ4v) is 1.08. The second-order valence-electron chi connectivity index (χ2n) is 3.43. The van der Waals surface area contributed by atoms with Crippen LogP contribution >= 0.6 is 0 Å². The largest absolute Gasteiger partial charge is 0.478 e. The number of carboxylic acid groups (broad SMARTS) is 1. The summed E-state index contributed by atoms with van der Waals surface area (Å²) in [6, 6.07) is -0.577. The van der Waals surface area contributed by atoms with Gasteiger partial charge in [0.05, 0.1) is 18.2 Å². The van der Waals surface area contributed by atoms with Gasteiger partial charge >= 0.3 is 12.1 Å². The molecule has 0 aromatic heterocycles. The molecule has 1 unspecified atom stereocenters. The molecule has 1 amide bonds. The molecule has 0 aliphatic rings. The average Bonchev–Trinajstić information content (AvgIpc) is 2.25. The highest BCUT2D eigenvalue weighted by Gasteiger charge is 2.19. The quantitative estimate of drug-likeness (QED) is 0.516. The number of ether oxygens (including phenoxy) is 1. The highest BCUT2D eigenvalue weighted by molar-refractivity contribution is 5.88. The zero-order valence-electron chi connectivity index (χ0n) is 9.78. The van der Waals surface area contributed by atoms with Crippen LogP contribution in [-0.2, 0) is 9.53 Å². The predicted octanol–water partition coefficient (Wildman–Crippen LogP) is 1.93. The molecule has 0 saturated carbocycles. The summed E-state index contributed by atoms with van der Waals surface area (Å²) in [6.07, 6.45) is 1.60. The first-order chi connectivity index (χ1) is 7.52. The van der Waals surface area contributed by atoms with Crippen molar-refractivity contribution >= 4 is 12.1 Å². The van der Waals surface area contributed by atoms with Gasteiger partial charge in [-0.05, 0) is 12.8 Å². The smallest absolute Gasteiger partial charge is 0.407 e. The fourth-order valence-electron chi connectivity index (χ4n) is 1.08. The monoisotopic (exact) mass is 229 g/mol. The number of rotatable bonds is 7. The van der Waals surface area contributed by atoms with Gasteiger partial charge in [0.25, 0.3) is 0 Å². The van der Waals surface area contributed by atoms with Crippen LogP contribution in [0.2, 0.25) is 0 Å². The normalized spacial score (nSPS) is 11.6. The summed E-state index contributed by atoms with van der Waals surface area (Å²) in [6.45, 7) is 7.51. The topological polar surface area (TPSA) is 75.6 Å². The van der Waals surface area contributed by atoms with Gasteiger partial charge in [0.2, 0.25) is 0 Å². The number of carbonyl (C=O) groups is 2. The number of aliphatic carboxylic acids is 1. The number of carbonyl (C=O) groups excluding carboxylic acids is 1. The Morgan fingerprint density at radius 3 is 2.50 bits per heavy atom. The lowest BCUT2D eigenvalue weighted by Gasteiger charge is -2.16. The summed E-state index contributed by atoms with van der Waals surface area (Å²) in [5, 5.41) is 11.2. The fraction of sp³-hybridized carbons (Fsp3) is 0.636. The zero-order valence-corrected chi connectivity index (χ0v) is 9.78. The number of amides is 1. The van der Waals surface area contributed by atoms with E-state index in [4.69, 9.17) is 9.84 Å². The Balaban J connectivity index is 4.07. The highest BCUT2D eigenvalue weighted by atomic mass is 16.5. The van der Waals surface area contributed by atoms with Crippen molar-refractivity contribution in [2.75, 3.05) is 6.61 Å². The first-order valence-corrected chi connectivity index (χ1v) is 5.38. The number of hydrogen-bond acceptors (Lipinski definition) is 3. The Hall–Kier alpha value is -1.52.